The van der Waals surface area contributed by atoms with E-state index in [1.165, 1.54) is 7.11 Å². The third kappa shape index (κ3) is 6.68. The normalized spacial score (nSPS) is 19.7. The minimum absolute atomic E-state index is 0.166. The molecule has 1 fully saturated rings. The fourth-order valence-electron chi connectivity index (χ4n) is 4.96. The number of rotatable bonds is 10. The lowest BCUT2D eigenvalue weighted by Gasteiger charge is -2.41. The molecule has 0 heterocycles. The first kappa shape index (κ1) is 26.7. The van der Waals surface area contributed by atoms with Crippen LogP contribution < -0.4 is 19.5 Å². The van der Waals surface area contributed by atoms with Gasteiger partial charge in [0.05, 0.1) is 25.0 Å². The molecule has 0 aliphatic heterocycles. The molecule has 1 aliphatic carbocycles. The Morgan fingerprint density at radius 1 is 1.00 bits per heavy atom. The Balaban J connectivity index is 1.44. The lowest BCUT2D eigenvalue weighted by atomic mass is 9.68. The van der Waals surface area contributed by atoms with Crippen LogP contribution in [0, 0.1) is 0 Å². The summed E-state index contributed by atoms with van der Waals surface area (Å²) < 4.78 is 36.2. The number of benzene rings is 3. The number of aliphatic hydroxyl groups is 1. The largest absolute Gasteiger partial charge is 0.496 e. The number of methoxy groups -OCH3 is 1. The van der Waals surface area contributed by atoms with Crippen molar-refractivity contribution in [1.29, 1.82) is 0 Å². The molecule has 8 nitrogen and oxygen atoms in total. The van der Waals surface area contributed by atoms with Crippen LogP contribution in [0.1, 0.15) is 47.2 Å². The monoisotopic (exact) mass is 523 g/mol. The van der Waals surface area contributed by atoms with E-state index in [4.69, 9.17) is 4.74 Å². The van der Waals surface area contributed by atoms with Crippen molar-refractivity contribution in [2.45, 2.75) is 43.7 Å². The van der Waals surface area contributed by atoms with Crippen LogP contribution in [0.5, 0.6) is 5.75 Å². The maximum atomic E-state index is 13.0. The van der Waals surface area contributed by atoms with Gasteiger partial charge in [0, 0.05) is 18.0 Å². The lowest BCUT2D eigenvalue weighted by molar-refractivity contribution is 0.0932. The number of para-hydroxylation sites is 1. The molecule has 1 amide bonds. The number of nitrogens with one attached hydrogen (secondary N) is 3. The summed E-state index contributed by atoms with van der Waals surface area (Å²) in [6.45, 7) is 0.264. The highest BCUT2D eigenvalue weighted by Crippen LogP contribution is 2.39. The Morgan fingerprint density at radius 2 is 1.70 bits per heavy atom. The molecule has 9 heteroatoms. The van der Waals surface area contributed by atoms with Gasteiger partial charge in [-0.1, -0.05) is 54.6 Å². The van der Waals surface area contributed by atoms with Crippen molar-refractivity contribution in [3.63, 3.8) is 0 Å². The summed E-state index contributed by atoms with van der Waals surface area (Å²) in [5.74, 6) is 0.314. The number of hydrogen-bond acceptors (Lipinski definition) is 5. The van der Waals surface area contributed by atoms with Crippen molar-refractivity contribution in [3.05, 3.63) is 95.6 Å². The molecule has 1 aliphatic rings. The zero-order valence-corrected chi connectivity index (χ0v) is 21.6. The summed E-state index contributed by atoms with van der Waals surface area (Å²) in [5, 5.41) is 12.4. The Hall–Kier alpha value is -3.40. The van der Waals surface area contributed by atoms with Gasteiger partial charge in [0.25, 0.3) is 16.1 Å². The summed E-state index contributed by atoms with van der Waals surface area (Å²) in [7, 11) is -2.26. The van der Waals surface area contributed by atoms with Crippen molar-refractivity contribution in [2.75, 3.05) is 18.4 Å². The quantitative estimate of drug-likeness (QED) is 0.323. The van der Waals surface area contributed by atoms with Crippen molar-refractivity contribution < 1.29 is 23.1 Å². The number of hydrogen-bond donors (Lipinski definition) is 4. The summed E-state index contributed by atoms with van der Waals surface area (Å²) in [6.07, 6.45) is 2.65. The Morgan fingerprint density at radius 3 is 2.41 bits per heavy atom. The van der Waals surface area contributed by atoms with Crippen LogP contribution in [0.3, 0.4) is 0 Å². The Kier molecular flexibility index (Phi) is 8.48. The summed E-state index contributed by atoms with van der Waals surface area (Å²) >= 11 is 0. The molecule has 1 saturated carbocycles. The van der Waals surface area contributed by atoms with E-state index in [9.17, 15) is 18.3 Å². The number of carbonyl (C=O) groups is 1. The highest BCUT2D eigenvalue weighted by atomic mass is 32.2. The summed E-state index contributed by atoms with van der Waals surface area (Å²) in [5.41, 5.74) is 2.30. The molecule has 0 saturated heterocycles. The van der Waals surface area contributed by atoms with E-state index in [1.54, 1.807) is 42.5 Å². The molecular weight excluding hydrogens is 490 g/mol. The molecule has 4 N–H and O–H groups in total. The molecule has 0 bridgehead atoms. The van der Waals surface area contributed by atoms with Crippen LogP contribution in [-0.2, 0) is 22.2 Å². The van der Waals surface area contributed by atoms with Crippen LogP contribution in [0.2, 0.25) is 0 Å². The molecular formula is C28H33N3O5S. The van der Waals surface area contributed by atoms with Crippen LogP contribution in [-0.4, -0.2) is 39.1 Å². The molecule has 37 heavy (non-hydrogen) atoms. The van der Waals surface area contributed by atoms with Crippen molar-refractivity contribution in [1.82, 2.24) is 10.0 Å². The second kappa shape index (κ2) is 11.8. The first-order valence-electron chi connectivity index (χ1n) is 12.3. The average Bonchev–Trinajstić information content (AvgIpc) is 2.92. The van der Waals surface area contributed by atoms with E-state index in [-0.39, 0.29) is 24.0 Å². The van der Waals surface area contributed by atoms with Gasteiger partial charge in [-0.25, -0.2) is 0 Å². The molecule has 196 valence electrons. The van der Waals surface area contributed by atoms with E-state index in [0.29, 0.717) is 54.8 Å². The molecule has 0 spiro atoms. The molecule has 0 aromatic heterocycles. The van der Waals surface area contributed by atoms with Gasteiger partial charge in [-0.05, 0) is 61.1 Å². The zero-order chi connectivity index (χ0) is 26.3. The highest BCUT2D eigenvalue weighted by molar-refractivity contribution is 7.90. The fraction of sp³-hybridized carbons (Fsp3) is 0.321. The third-order valence-electron chi connectivity index (χ3n) is 6.95. The second-order valence-corrected chi connectivity index (χ2v) is 10.8. The zero-order valence-electron chi connectivity index (χ0n) is 20.8. The average molecular weight is 524 g/mol. The van der Waals surface area contributed by atoms with E-state index in [0.717, 1.165) is 5.56 Å². The summed E-state index contributed by atoms with van der Waals surface area (Å²) in [4.78, 5) is 13.0. The van der Waals surface area contributed by atoms with Gasteiger partial charge >= 0.3 is 0 Å². The Labute approximate surface area is 218 Å². The second-order valence-electron chi connectivity index (χ2n) is 9.39. The third-order valence-corrected chi connectivity index (χ3v) is 8.10. The van der Waals surface area contributed by atoms with Crippen molar-refractivity contribution in [2.24, 2.45) is 0 Å². The topological polar surface area (TPSA) is 117 Å². The van der Waals surface area contributed by atoms with Crippen LogP contribution in [0.25, 0.3) is 0 Å². The van der Waals surface area contributed by atoms with E-state index < -0.39 is 10.2 Å². The van der Waals surface area contributed by atoms with Crippen LogP contribution in [0.4, 0.5) is 5.69 Å². The molecule has 3 aromatic rings. The van der Waals surface area contributed by atoms with Gasteiger partial charge < -0.3 is 15.2 Å². The van der Waals surface area contributed by atoms with Crippen molar-refractivity contribution in [3.8, 4) is 5.75 Å². The van der Waals surface area contributed by atoms with Gasteiger partial charge in [-0.3, -0.25) is 9.52 Å². The van der Waals surface area contributed by atoms with Gasteiger partial charge in [0.15, 0.2) is 0 Å². The minimum Gasteiger partial charge on any atom is -0.496 e. The standard InChI is InChI=1S/C28H33N3O5S/c1-36-26-13-6-5-12-25(26)27(33)29-20-28(22-9-3-2-4-10-22)16-14-23(15-17-28)30-37(34,35)31-24-11-7-8-21(18-24)19-32/h2-13,18,23,30-32H,14-17,19-20H2,1H3,(H,29,33). The van der Waals surface area contributed by atoms with Crippen LogP contribution in [0.15, 0.2) is 78.9 Å². The van der Waals surface area contributed by atoms with E-state index in [2.05, 4.69) is 26.9 Å². The maximum Gasteiger partial charge on any atom is 0.299 e. The van der Waals surface area contributed by atoms with E-state index in [1.807, 2.05) is 24.3 Å². The van der Waals surface area contributed by atoms with Crippen molar-refractivity contribution >= 4 is 21.8 Å². The number of ether oxygens (including phenoxy) is 1. The fourth-order valence-corrected chi connectivity index (χ4v) is 6.13. The number of amides is 1. The molecule has 0 unspecified atom stereocenters. The first-order valence-corrected chi connectivity index (χ1v) is 13.8. The highest BCUT2D eigenvalue weighted by Gasteiger charge is 2.38. The molecule has 4 rings (SSSR count). The van der Waals surface area contributed by atoms with Crippen LogP contribution >= 0.6 is 0 Å². The Bertz CT molecular complexity index is 1310. The van der Waals surface area contributed by atoms with Gasteiger partial charge in [0.1, 0.15) is 5.75 Å². The summed E-state index contributed by atoms with van der Waals surface area (Å²) in [6, 6.07) is 23.6. The minimum atomic E-state index is -3.80. The SMILES string of the molecule is COc1ccccc1C(=O)NCC1(c2ccccc2)CCC(NS(=O)(=O)Nc2cccc(CO)c2)CC1. The van der Waals surface area contributed by atoms with Gasteiger partial charge in [-0.15, -0.1) is 0 Å². The number of carbonyl (C=O) groups excluding carboxylic acids is 1. The number of anilines is 1. The van der Waals surface area contributed by atoms with Gasteiger partial charge in [-0.2, -0.15) is 13.1 Å². The lowest BCUT2D eigenvalue weighted by Crippen LogP contribution is -2.48. The molecule has 0 radical (unpaired) electrons. The van der Waals surface area contributed by atoms with Gasteiger partial charge in [0.2, 0.25) is 0 Å². The first-order chi connectivity index (χ1) is 17.8. The van der Waals surface area contributed by atoms with E-state index >= 15 is 0 Å². The number of aliphatic hydroxyl groups excluding tert-OH is 1. The predicted octanol–water partition coefficient (Wildman–Crippen LogP) is 3.74. The molecule has 0 atom stereocenters. The molecule has 3 aromatic carbocycles. The maximum absolute atomic E-state index is 13.0. The smallest absolute Gasteiger partial charge is 0.299 e. The predicted molar refractivity (Wildman–Crippen MR) is 144 cm³/mol.